The van der Waals surface area contributed by atoms with Crippen LogP contribution in [0.2, 0.25) is 0 Å². The van der Waals surface area contributed by atoms with Crippen molar-refractivity contribution in [1.29, 1.82) is 0 Å². The molecular formula is C18H18N2O. The molecule has 1 aliphatic heterocycles. The van der Waals surface area contributed by atoms with Crippen molar-refractivity contribution < 1.29 is 4.79 Å². The molecule has 1 fully saturated rings. The van der Waals surface area contributed by atoms with Crippen LogP contribution in [0.5, 0.6) is 0 Å². The van der Waals surface area contributed by atoms with Crippen molar-refractivity contribution in [3.63, 3.8) is 0 Å². The first kappa shape index (κ1) is 13.4. The Balaban J connectivity index is 1.83. The van der Waals surface area contributed by atoms with Gasteiger partial charge in [-0.2, -0.15) is 0 Å². The van der Waals surface area contributed by atoms with E-state index in [2.05, 4.69) is 6.58 Å². The van der Waals surface area contributed by atoms with Crippen LogP contribution in [0.15, 0.2) is 73.3 Å². The van der Waals surface area contributed by atoms with Crippen molar-refractivity contribution in [3.8, 4) is 0 Å². The van der Waals surface area contributed by atoms with Crippen molar-refractivity contribution in [2.75, 3.05) is 11.4 Å². The van der Waals surface area contributed by atoms with Gasteiger partial charge in [0.25, 0.3) is 0 Å². The summed E-state index contributed by atoms with van der Waals surface area (Å²) in [7, 11) is 0. The molecule has 21 heavy (non-hydrogen) atoms. The number of hydrogen-bond donors (Lipinski definition) is 0. The van der Waals surface area contributed by atoms with Gasteiger partial charge in [-0.1, -0.05) is 54.6 Å². The Kier molecular flexibility index (Phi) is 3.73. The molecule has 0 radical (unpaired) electrons. The average molecular weight is 278 g/mol. The molecule has 0 bridgehead atoms. The quantitative estimate of drug-likeness (QED) is 0.782. The summed E-state index contributed by atoms with van der Waals surface area (Å²) in [5, 5.41) is 0. The lowest BCUT2D eigenvalue weighted by Gasteiger charge is -2.21. The number of amides is 2. The molecule has 0 aromatic heterocycles. The van der Waals surface area contributed by atoms with Crippen molar-refractivity contribution >= 4 is 11.7 Å². The fourth-order valence-electron chi connectivity index (χ4n) is 2.69. The van der Waals surface area contributed by atoms with Gasteiger partial charge < -0.3 is 4.90 Å². The van der Waals surface area contributed by atoms with E-state index in [-0.39, 0.29) is 12.1 Å². The molecule has 3 heteroatoms. The SMILES string of the molecule is C=C[C@H]1CN(Cc2ccccc2)C(=O)N1c1ccccc1. The van der Waals surface area contributed by atoms with Crippen LogP contribution in [0.3, 0.4) is 0 Å². The fraction of sp³-hybridized carbons (Fsp3) is 0.167. The molecule has 2 aromatic carbocycles. The third-order valence-corrected chi connectivity index (χ3v) is 3.74. The molecule has 3 nitrogen and oxygen atoms in total. The van der Waals surface area contributed by atoms with Gasteiger partial charge in [0.1, 0.15) is 0 Å². The van der Waals surface area contributed by atoms with E-state index in [0.29, 0.717) is 13.1 Å². The summed E-state index contributed by atoms with van der Waals surface area (Å²) < 4.78 is 0. The Morgan fingerprint density at radius 3 is 2.29 bits per heavy atom. The molecule has 0 N–H and O–H groups in total. The van der Waals surface area contributed by atoms with Crippen LogP contribution in [0.25, 0.3) is 0 Å². The number of benzene rings is 2. The van der Waals surface area contributed by atoms with Crippen LogP contribution in [-0.2, 0) is 6.54 Å². The van der Waals surface area contributed by atoms with Crippen LogP contribution in [0.4, 0.5) is 10.5 Å². The Hall–Kier alpha value is -2.55. The first-order valence-electron chi connectivity index (χ1n) is 7.09. The van der Waals surface area contributed by atoms with E-state index < -0.39 is 0 Å². The van der Waals surface area contributed by atoms with E-state index in [1.54, 1.807) is 0 Å². The Morgan fingerprint density at radius 2 is 1.67 bits per heavy atom. The van der Waals surface area contributed by atoms with Gasteiger partial charge in [-0.05, 0) is 17.7 Å². The highest BCUT2D eigenvalue weighted by atomic mass is 16.2. The number of urea groups is 1. The largest absolute Gasteiger partial charge is 0.325 e. The van der Waals surface area contributed by atoms with E-state index in [0.717, 1.165) is 11.3 Å². The first-order chi connectivity index (χ1) is 10.3. The van der Waals surface area contributed by atoms with E-state index in [4.69, 9.17) is 0 Å². The molecular weight excluding hydrogens is 260 g/mol. The second-order valence-corrected chi connectivity index (χ2v) is 5.16. The van der Waals surface area contributed by atoms with Gasteiger partial charge in [0.15, 0.2) is 0 Å². The average Bonchev–Trinajstić information content (AvgIpc) is 2.85. The molecule has 1 aliphatic rings. The van der Waals surface area contributed by atoms with E-state index in [1.165, 1.54) is 0 Å². The maximum Gasteiger partial charge on any atom is 0.325 e. The van der Waals surface area contributed by atoms with Gasteiger partial charge in [-0.25, -0.2) is 4.79 Å². The maximum atomic E-state index is 12.7. The second-order valence-electron chi connectivity index (χ2n) is 5.16. The zero-order valence-electron chi connectivity index (χ0n) is 11.9. The van der Waals surface area contributed by atoms with Gasteiger partial charge in [0.2, 0.25) is 0 Å². The number of hydrogen-bond acceptors (Lipinski definition) is 1. The Morgan fingerprint density at radius 1 is 1.05 bits per heavy atom. The molecule has 2 amide bonds. The minimum atomic E-state index is 0.0172. The van der Waals surface area contributed by atoms with Crippen molar-refractivity contribution in [3.05, 3.63) is 78.9 Å². The normalized spacial score (nSPS) is 18.1. The van der Waals surface area contributed by atoms with Crippen LogP contribution in [0, 0.1) is 0 Å². The van der Waals surface area contributed by atoms with Gasteiger partial charge in [-0.15, -0.1) is 6.58 Å². The van der Waals surface area contributed by atoms with Crippen LogP contribution < -0.4 is 4.90 Å². The molecule has 0 spiro atoms. The van der Waals surface area contributed by atoms with Crippen molar-refractivity contribution in [1.82, 2.24) is 4.90 Å². The number of nitrogens with zero attached hydrogens (tertiary/aromatic N) is 2. The highest BCUT2D eigenvalue weighted by Gasteiger charge is 2.36. The maximum absolute atomic E-state index is 12.7. The minimum Gasteiger partial charge on any atom is -0.318 e. The molecule has 1 atom stereocenters. The number of carbonyl (C=O) groups is 1. The van der Waals surface area contributed by atoms with Crippen LogP contribution >= 0.6 is 0 Å². The molecule has 106 valence electrons. The summed E-state index contributed by atoms with van der Waals surface area (Å²) in [6.07, 6.45) is 1.84. The summed E-state index contributed by atoms with van der Waals surface area (Å²) in [5.74, 6) is 0. The predicted molar refractivity (Wildman–Crippen MR) is 85.2 cm³/mol. The first-order valence-corrected chi connectivity index (χ1v) is 7.09. The van der Waals surface area contributed by atoms with Crippen LogP contribution in [0.1, 0.15) is 5.56 Å². The molecule has 0 aliphatic carbocycles. The lowest BCUT2D eigenvalue weighted by molar-refractivity contribution is 0.218. The lowest BCUT2D eigenvalue weighted by Crippen LogP contribution is -2.34. The van der Waals surface area contributed by atoms with E-state index in [1.807, 2.05) is 76.5 Å². The monoisotopic (exact) mass is 278 g/mol. The van der Waals surface area contributed by atoms with Gasteiger partial charge in [-0.3, -0.25) is 4.90 Å². The molecule has 1 saturated heterocycles. The third-order valence-electron chi connectivity index (χ3n) is 3.74. The zero-order chi connectivity index (χ0) is 14.7. The fourth-order valence-corrected chi connectivity index (χ4v) is 2.69. The van der Waals surface area contributed by atoms with Gasteiger partial charge >= 0.3 is 6.03 Å². The Bertz CT molecular complexity index is 624. The standard InChI is InChI=1S/C18H18N2O/c1-2-16-14-19(13-15-9-5-3-6-10-15)18(21)20(16)17-11-7-4-8-12-17/h2-12,16H,1,13-14H2/t16-/m0/s1. The topological polar surface area (TPSA) is 23.6 Å². The molecule has 0 saturated carbocycles. The summed E-state index contributed by atoms with van der Waals surface area (Å²) in [4.78, 5) is 16.4. The summed E-state index contributed by atoms with van der Waals surface area (Å²) in [5.41, 5.74) is 2.06. The highest BCUT2D eigenvalue weighted by molar-refractivity contribution is 5.95. The highest BCUT2D eigenvalue weighted by Crippen LogP contribution is 2.26. The number of carbonyl (C=O) groups excluding carboxylic acids is 1. The van der Waals surface area contributed by atoms with E-state index >= 15 is 0 Å². The third kappa shape index (κ3) is 2.68. The summed E-state index contributed by atoms with van der Waals surface area (Å²) in [6.45, 7) is 5.18. The van der Waals surface area contributed by atoms with Crippen molar-refractivity contribution in [2.45, 2.75) is 12.6 Å². The molecule has 3 rings (SSSR count). The second kappa shape index (κ2) is 5.83. The summed E-state index contributed by atoms with van der Waals surface area (Å²) in [6, 6.07) is 19.9. The predicted octanol–water partition coefficient (Wildman–Crippen LogP) is 3.68. The molecule has 0 unspecified atom stereocenters. The minimum absolute atomic E-state index is 0.0172. The number of para-hydroxylation sites is 1. The van der Waals surface area contributed by atoms with E-state index in [9.17, 15) is 4.79 Å². The summed E-state index contributed by atoms with van der Waals surface area (Å²) >= 11 is 0. The molecule has 2 aromatic rings. The van der Waals surface area contributed by atoms with Crippen LogP contribution in [-0.4, -0.2) is 23.5 Å². The smallest absolute Gasteiger partial charge is 0.318 e. The van der Waals surface area contributed by atoms with Crippen molar-refractivity contribution in [2.24, 2.45) is 0 Å². The van der Waals surface area contributed by atoms with Gasteiger partial charge in [0, 0.05) is 18.8 Å². The zero-order valence-corrected chi connectivity index (χ0v) is 11.9. The Labute approximate surface area is 125 Å². The molecule has 1 heterocycles. The lowest BCUT2D eigenvalue weighted by atomic mass is 10.2. The number of rotatable bonds is 4. The van der Waals surface area contributed by atoms with Gasteiger partial charge in [0.05, 0.1) is 6.04 Å². The number of anilines is 1.